The molecule has 3 aromatic carbocycles. The molecule has 0 saturated heterocycles. The molecule has 0 aliphatic carbocycles. The SMILES string of the molecule is CNC(=O)[C@H](Cc1cccc(Br)c1)NC(=O)c1cc(-c2cccc(Cl)c2)nn1Cc1cccc(Br)c1. The van der Waals surface area contributed by atoms with E-state index >= 15 is 0 Å². The Bertz CT molecular complexity index is 1410. The van der Waals surface area contributed by atoms with Crippen LogP contribution >= 0.6 is 43.5 Å². The fourth-order valence-electron chi connectivity index (χ4n) is 3.83. The second-order valence-electron chi connectivity index (χ2n) is 8.19. The van der Waals surface area contributed by atoms with Gasteiger partial charge in [-0.3, -0.25) is 14.3 Å². The number of halogens is 3. The zero-order chi connectivity index (χ0) is 25.7. The van der Waals surface area contributed by atoms with Crippen LogP contribution in [0.3, 0.4) is 0 Å². The number of hydrogen-bond acceptors (Lipinski definition) is 3. The third-order valence-corrected chi connectivity index (χ3v) is 6.77. The molecule has 9 heteroatoms. The van der Waals surface area contributed by atoms with Crippen LogP contribution in [0.1, 0.15) is 21.6 Å². The highest BCUT2D eigenvalue weighted by atomic mass is 79.9. The lowest BCUT2D eigenvalue weighted by molar-refractivity contribution is -0.122. The largest absolute Gasteiger partial charge is 0.357 e. The summed E-state index contributed by atoms with van der Waals surface area (Å²) in [6.07, 6.45) is 0.339. The Morgan fingerprint density at radius 2 is 1.61 bits per heavy atom. The fraction of sp³-hybridized carbons (Fsp3) is 0.148. The fourth-order valence-corrected chi connectivity index (χ4v) is 4.92. The third-order valence-electron chi connectivity index (χ3n) is 5.55. The molecule has 1 atom stereocenters. The average Bonchev–Trinajstić information content (AvgIpc) is 3.27. The number of nitrogens with zero attached hydrogens (tertiary/aromatic N) is 2. The molecule has 0 aliphatic heterocycles. The van der Waals surface area contributed by atoms with Gasteiger partial charge in [-0.05, 0) is 53.6 Å². The lowest BCUT2D eigenvalue weighted by atomic mass is 10.0. The van der Waals surface area contributed by atoms with Crippen molar-refractivity contribution >= 4 is 55.3 Å². The molecule has 0 saturated carbocycles. The van der Waals surface area contributed by atoms with Gasteiger partial charge in [-0.2, -0.15) is 5.10 Å². The molecule has 6 nitrogen and oxygen atoms in total. The van der Waals surface area contributed by atoms with Gasteiger partial charge in [0.15, 0.2) is 0 Å². The predicted octanol–water partition coefficient (Wildman–Crippen LogP) is 5.86. The Morgan fingerprint density at radius 1 is 0.944 bits per heavy atom. The Morgan fingerprint density at radius 3 is 2.28 bits per heavy atom. The number of amides is 2. The molecule has 2 amide bonds. The summed E-state index contributed by atoms with van der Waals surface area (Å²) in [5.41, 5.74) is 3.63. The van der Waals surface area contributed by atoms with Gasteiger partial charge in [-0.25, -0.2) is 0 Å². The zero-order valence-electron chi connectivity index (χ0n) is 19.3. The van der Waals surface area contributed by atoms with Crippen molar-refractivity contribution in [2.75, 3.05) is 7.05 Å². The first kappa shape index (κ1) is 26.1. The molecule has 0 bridgehead atoms. The molecule has 184 valence electrons. The van der Waals surface area contributed by atoms with Crippen molar-refractivity contribution in [2.24, 2.45) is 0 Å². The number of aromatic nitrogens is 2. The summed E-state index contributed by atoms with van der Waals surface area (Å²) in [5.74, 6) is -0.675. The minimum absolute atomic E-state index is 0.281. The van der Waals surface area contributed by atoms with Crippen molar-refractivity contribution in [3.63, 3.8) is 0 Å². The zero-order valence-corrected chi connectivity index (χ0v) is 23.3. The Labute approximate surface area is 231 Å². The van der Waals surface area contributed by atoms with Crippen LogP contribution in [-0.4, -0.2) is 34.7 Å². The predicted molar refractivity (Wildman–Crippen MR) is 149 cm³/mol. The van der Waals surface area contributed by atoms with Crippen LogP contribution in [0.25, 0.3) is 11.3 Å². The quantitative estimate of drug-likeness (QED) is 0.256. The minimum atomic E-state index is -0.763. The Hall–Kier alpha value is -2.94. The maximum atomic E-state index is 13.5. The van der Waals surface area contributed by atoms with Crippen LogP contribution in [0, 0.1) is 0 Å². The monoisotopic (exact) mass is 628 g/mol. The molecule has 36 heavy (non-hydrogen) atoms. The Balaban J connectivity index is 1.67. The molecule has 0 unspecified atom stereocenters. The molecule has 0 aliphatic rings. The number of rotatable bonds is 8. The number of carbonyl (C=O) groups is 2. The van der Waals surface area contributed by atoms with Gasteiger partial charge in [-0.1, -0.05) is 79.9 Å². The van der Waals surface area contributed by atoms with E-state index in [9.17, 15) is 9.59 Å². The first-order valence-corrected chi connectivity index (χ1v) is 13.1. The second-order valence-corrected chi connectivity index (χ2v) is 10.5. The molecule has 0 spiro atoms. The minimum Gasteiger partial charge on any atom is -0.357 e. The van der Waals surface area contributed by atoms with Gasteiger partial charge in [0.2, 0.25) is 5.91 Å². The highest BCUT2D eigenvalue weighted by molar-refractivity contribution is 9.10. The molecular formula is C27H23Br2ClN4O2. The highest BCUT2D eigenvalue weighted by Gasteiger charge is 2.24. The van der Waals surface area contributed by atoms with E-state index in [0.717, 1.165) is 25.6 Å². The number of carbonyl (C=O) groups excluding carboxylic acids is 2. The van der Waals surface area contributed by atoms with Crippen molar-refractivity contribution < 1.29 is 9.59 Å². The third kappa shape index (κ3) is 6.63. The molecule has 1 aromatic heterocycles. The highest BCUT2D eigenvalue weighted by Crippen LogP contribution is 2.24. The number of benzene rings is 3. The van der Waals surface area contributed by atoms with E-state index in [-0.39, 0.29) is 5.91 Å². The van der Waals surface area contributed by atoms with Gasteiger partial charge in [0.25, 0.3) is 5.91 Å². The van der Waals surface area contributed by atoms with E-state index in [1.807, 2.05) is 60.7 Å². The summed E-state index contributed by atoms with van der Waals surface area (Å²) in [5, 5.41) is 10.8. The van der Waals surface area contributed by atoms with E-state index in [1.165, 1.54) is 0 Å². The van der Waals surface area contributed by atoms with Gasteiger partial charge in [0, 0.05) is 33.0 Å². The molecule has 4 rings (SSSR count). The van der Waals surface area contributed by atoms with Crippen molar-refractivity contribution in [1.29, 1.82) is 0 Å². The summed E-state index contributed by atoms with van der Waals surface area (Å²) in [6.45, 7) is 0.374. The number of nitrogens with one attached hydrogen (secondary N) is 2. The lowest BCUT2D eigenvalue weighted by Crippen LogP contribution is -2.47. The van der Waals surface area contributed by atoms with E-state index in [1.54, 1.807) is 29.9 Å². The van der Waals surface area contributed by atoms with E-state index < -0.39 is 11.9 Å². The normalized spacial score (nSPS) is 11.7. The van der Waals surface area contributed by atoms with Gasteiger partial charge < -0.3 is 10.6 Å². The van der Waals surface area contributed by atoms with Crippen molar-refractivity contribution in [1.82, 2.24) is 20.4 Å². The smallest absolute Gasteiger partial charge is 0.270 e. The molecule has 4 aromatic rings. The average molecular weight is 631 g/mol. The summed E-state index contributed by atoms with van der Waals surface area (Å²) >= 11 is 13.1. The maximum absolute atomic E-state index is 13.5. The summed E-state index contributed by atoms with van der Waals surface area (Å²) < 4.78 is 3.48. The maximum Gasteiger partial charge on any atom is 0.270 e. The van der Waals surface area contributed by atoms with Crippen LogP contribution in [0.15, 0.2) is 87.8 Å². The second kappa shape index (κ2) is 11.9. The molecule has 0 radical (unpaired) electrons. The van der Waals surface area contributed by atoms with Crippen LogP contribution in [0.2, 0.25) is 5.02 Å². The topological polar surface area (TPSA) is 76.0 Å². The lowest BCUT2D eigenvalue weighted by Gasteiger charge is -2.18. The standard InChI is InChI=1S/C27H23Br2ClN4O2/c1-31-26(35)24(13-17-5-2-8-20(28)11-17)32-27(36)25-15-23(19-7-4-10-22(30)14-19)33-34(25)16-18-6-3-9-21(29)12-18/h2-12,14-15,24H,13,16H2,1H3,(H,31,35)(H,32,36)/t24-/m0/s1. The van der Waals surface area contributed by atoms with E-state index in [4.69, 9.17) is 16.7 Å². The van der Waals surface area contributed by atoms with Crippen LogP contribution in [0.5, 0.6) is 0 Å². The van der Waals surface area contributed by atoms with Gasteiger partial charge in [-0.15, -0.1) is 0 Å². The van der Waals surface area contributed by atoms with Crippen molar-refractivity contribution in [3.8, 4) is 11.3 Å². The van der Waals surface area contributed by atoms with Gasteiger partial charge in [0.05, 0.1) is 12.2 Å². The molecule has 1 heterocycles. The van der Waals surface area contributed by atoms with Crippen LogP contribution in [-0.2, 0) is 17.8 Å². The van der Waals surface area contributed by atoms with Crippen molar-refractivity contribution in [2.45, 2.75) is 19.0 Å². The van der Waals surface area contributed by atoms with Crippen molar-refractivity contribution in [3.05, 3.63) is 110 Å². The number of likely N-dealkylation sites (N-methyl/N-ethyl adjacent to an activating group) is 1. The molecular weight excluding hydrogens is 608 g/mol. The summed E-state index contributed by atoms with van der Waals surface area (Å²) in [4.78, 5) is 26.2. The van der Waals surface area contributed by atoms with E-state index in [2.05, 4.69) is 42.5 Å². The van der Waals surface area contributed by atoms with Crippen LogP contribution in [0.4, 0.5) is 0 Å². The first-order chi connectivity index (χ1) is 17.3. The van der Waals surface area contributed by atoms with E-state index in [0.29, 0.717) is 29.4 Å². The summed E-state index contributed by atoms with van der Waals surface area (Å²) in [7, 11) is 1.55. The summed E-state index contributed by atoms with van der Waals surface area (Å²) in [6, 6.07) is 23.7. The van der Waals surface area contributed by atoms with Gasteiger partial charge >= 0.3 is 0 Å². The molecule has 2 N–H and O–H groups in total. The van der Waals surface area contributed by atoms with Gasteiger partial charge in [0.1, 0.15) is 11.7 Å². The number of hydrogen-bond donors (Lipinski definition) is 2. The first-order valence-electron chi connectivity index (χ1n) is 11.2. The van der Waals surface area contributed by atoms with Crippen LogP contribution < -0.4 is 10.6 Å². The Kier molecular flexibility index (Phi) is 8.61. The molecule has 0 fully saturated rings.